The predicted octanol–water partition coefficient (Wildman–Crippen LogP) is 4.56. The molecule has 0 fully saturated rings. The van der Waals surface area contributed by atoms with Gasteiger partial charge in [-0.1, -0.05) is 24.3 Å². The maximum absolute atomic E-state index is 13.1. The number of carbonyl (C=O) groups excluding carboxylic acids is 2. The standard InChI is InChI=1S/C25H23BrN4O2/c26-23-8-2-1-7-22(23)24(31)29-21-6-3-5-19(15-21)17-30(14-4-13-27)25(32)20-11-9-18(16-28)10-12-20/h1-3,5-12,15H,4,13-14,17,27H2,(H,29,31). The van der Waals surface area contributed by atoms with E-state index in [9.17, 15) is 9.59 Å². The Morgan fingerprint density at radius 2 is 1.78 bits per heavy atom. The molecule has 0 radical (unpaired) electrons. The SMILES string of the molecule is N#Cc1ccc(C(=O)N(CCCN)Cc2cccc(NC(=O)c3ccccc3Br)c2)cc1. The quantitative estimate of drug-likeness (QED) is 0.483. The summed E-state index contributed by atoms with van der Waals surface area (Å²) in [5, 5.41) is 11.9. The first-order valence-corrected chi connectivity index (χ1v) is 11.0. The first-order valence-electron chi connectivity index (χ1n) is 10.2. The lowest BCUT2D eigenvalue weighted by Gasteiger charge is -2.23. The number of nitrogens with one attached hydrogen (secondary N) is 1. The summed E-state index contributed by atoms with van der Waals surface area (Å²) in [4.78, 5) is 27.4. The Bertz CT molecular complexity index is 1140. The molecule has 162 valence electrons. The van der Waals surface area contributed by atoms with Crippen LogP contribution in [-0.4, -0.2) is 29.8 Å². The minimum atomic E-state index is -0.219. The van der Waals surface area contributed by atoms with Crippen LogP contribution >= 0.6 is 15.9 Å². The molecule has 0 atom stereocenters. The third kappa shape index (κ3) is 6.03. The highest BCUT2D eigenvalue weighted by Crippen LogP contribution is 2.20. The van der Waals surface area contributed by atoms with Crippen LogP contribution in [0.4, 0.5) is 5.69 Å². The van der Waals surface area contributed by atoms with E-state index in [1.165, 1.54) is 0 Å². The van der Waals surface area contributed by atoms with Gasteiger partial charge in [0, 0.05) is 28.8 Å². The summed E-state index contributed by atoms with van der Waals surface area (Å²) >= 11 is 3.40. The number of nitrogens with zero attached hydrogens (tertiary/aromatic N) is 2. The molecular weight excluding hydrogens is 468 g/mol. The zero-order chi connectivity index (χ0) is 22.9. The van der Waals surface area contributed by atoms with Crippen molar-refractivity contribution in [3.05, 3.63) is 99.5 Å². The lowest BCUT2D eigenvalue weighted by atomic mass is 10.1. The van der Waals surface area contributed by atoms with E-state index >= 15 is 0 Å². The molecule has 2 amide bonds. The van der Waals surface area contributed by atoms with Gasteiger partial charge in [0.25, 0.3) is 11.8 Å². The second kappa shape index (κ2) is 11.2. The van der Waals surface area contributed by atoms with Crippen LogP contribution in [0.25, 0.3) is 0 Å². The molecule has 0 aliphatic heterocycles. The molecule has 0 saturated heterocycles. The van der Waals surface area contributed by atoms with Gasteiger partial charge in [0.2, 0.25) is 0 Å². The fraction of sp³-hybridized carbons (Fsp3) is 0.160. The van der Waals surface area contributed by atoms with Gasteiger partial charge in [-0.3, -0.25) is 9.59 Å². The number of benzene rings is 3. The van der Waals surface area contributed by atoms with Gasteiger partial charge < -0.3 is 16.0 Å². The molecule has 6 nitrogen and oxygen atoms in total. The van der Waals surface area contributed by atoms with Crippen LogP contribution in [0.2, 0.25) is 0 Å². The highest BCUT2D eigenvalue weighted by Gasteiger charge is 2.17. The van der Waals surface area contributed by atoms with Crippen molar-refractivity contribution in [2.75, 3.05) is 18.4 Å². The zero-order valence-electron chi connectivity index (χ0n) is 17.4. The molecule has 0 saturated carbocycles. The first-order chi connectivity index (χ1) is 15.5. The van der Waals surface area contributed by atoms with Crippen LogP contribution < -0.4 is 11.1 Å². The Kier molecular flexibility index (Phi) is 8.14. The smallest absolute Gasteiger partial charge is 0.256 e. The molecular formula is C25H23BrN4O2. The summed E-state index contributed by atoms with van der Waals surface area (Å²) in [5.74, 6) is -0.353. The van der Waals surface area contributed by atoms with E-state index in [0.29, 0.717) is 48.4 Å². The first kappa shape index (κ1) is 23.2. The van der Waals surface area contributed by atoms with Crippen LogP contribution in [0.5, 0.6) is 0 Å². The van der Waals surface area contributed by atoms with Crippen LogP contribution in [0, 0.1) is 11.3 Å². The maximum Gasteiger partial charge on any atom is 0.256 e. The van der Waals surface area contributed by atoms with E-state index in [0.717, 1.165) is 10.0 Å². The average Bonchev–Trinajstić information content (AvgIpc) is 2.82. The highest BCUT2D eigenvalue weighted by atomic mass is 79.9. The molecule has 7 heteroatoms. The number of halogens is 1. The maximum atomic E-state index is 13.1. The topological polar surface area (TPSA) is 99.2 Å². The van der Waals surface area contributed by atoms with Crippen molar-refractivity contribution in [3.63, 3.8) is 0 Å². The predicted molar refractivity (Wildman–Crippen MR) is 128 cm³/mol. The molecule has 3 N–H and O–H groups in total. The normalized spacial score (nSPS) is 10.3. The van der Waals surface area contributed by atoms with Gasteiger partial charge in [0.15, 0.2) is 0 Å². The van der Waals surface area contributed by atoms with Gasteiger partial charge in [-0.2, -0.15) is 5.26 Å². The Labute approximate surface area is 195 Å². The minimum absolute atomic E-state index is 0.134. The van der Waals surface area contributed by atoms with E-state index in [2.05, 4.69) is 27.3 Å². The van der Waals surface area contributed by atoms with Crippen LogP contribution in [0.3, 0.4) is 0 Å². The van der Waals surface area contributed by atoms with Gasteiger partial charge in [-0.05, 0) is 83.0 Å². The number of hydrogen-bond acceptors (Lipinski definition) is 4. The molecule has 0 unspecified atom stereocenters. The fourth-order valence-corrected chi connectivity index (χ4v) is 3.68. The monoisotopic (exact) mass is 490 g/mol. The molecule has 0 aromatic heterocycles. The molecule has 0 bridgehead atoms. The lowest BCUT2D eigenvalue weighted by molar-refractivity contribution is 0.0742. The summed E-state index contributed by atoms with van der Waals surface area (Å²) in [6.45, 7) is 1.35. The molecule has 0 spiro atoms. The van der Waals surface area contributed by atoms with E-state index in [1.807, 2.05) is 36.4 Å². The van der Waals surface area contributed by atoms with Crippen molar-refractivity contribution in [1.29, 1.82) is 5.26 Å². The summed E-state index contributed by atoms with van der Waals surface area (Å²) in [7, 11) is 0. The highest BCUT2D eigenvalue weighted by molar-refractivity contribution is 9.10. The minimum Gasteiger partial charge on any atom is -0.334 e. The molecule has 0 aliphatic carbocycles. The van der Waals surface area contributed by atoms with Crippen molar-refractivity contribution in [3.8, 4) is 6.07 Å². The molecule has 3 rings (SSSR count). The van der Waals surface area contributed by atoms with E-state index in [1.54, 1.807) is 41.3 Å². The second-order valence-corrected chi connectivity index (χ2v) is 8.05. The van der Waals surface area contributed by atoms with E-state index in [-0.39, 0.29) is 11.8 Å². The average molecular weight is 491 g/mol. The largest absolute Gasteiger partial charge is 0.334 e. The van der Waals surface area contributed by atoms with Gasteiger partial charge >= 0.3 is 0 Å². The van der Waals surface area contributed by atoms with Crippen molar-refractivity contribution in [2.45, 2.75) is 13.0 Å². The molecule has 0 aliphatic rings. The summed E-state index contributed by atoms with van der Waals surface area (Å²) < 4.78 is 0.717. The Morgan fingerprint density at radius 3 is 2.47 bits per heavy atom. The summed E-state index contributed by atoms with van der Waals surface area (Å²) in [6.07, 6.45) is 0.667. The Morgan fingerprint density at radius 1 is 1.03 bits per heavy atom. The third-order valence-corrected chi connectivity index (χ3v) is 5.55. The van der Waals surface area contributed by atoms with Gasteiger partial charge in [-0.25, -0.2) is 0 Å². The Balaban J connectivity index is 1.76. The summed E-state index contributed by atoms with van der Waals surface area (Å²) in [6, 6.07) is 23.3. The molecule has 3 aromatic rings. The van der Waals surface area contributed by atoms with Gasteiger partial charge in [-0.15, -0.1) is 0 Å². The van der Waals surface area contributed by atoms with Crippen LogP contribution in [0.15, 0.2) is 77.3 Å². The number of hydrogen-bond donors (Lipinski definition) is 2. The van der Waals surface area contributed by atoms with Crippen molar-refractivity contribution in [1.82, 2.24) is 4.90 Å². The van der Waals surface area contributed by atoms with Gasteiger partial charge in [0.1, 0.15) is 0 Å². The van der Waals surface area contributed by atoms with Crippen molar-refractivity contribution >= 4 is 33.4 Å². The van der Waals surface area contributed by atoms with Crippen LogP contribution in [0.1, 0.15) is 38.3 Å². The number of rotatable bonds is 8. The molecule has 3 aromatic carbocycles. The Hall–Kier alpha value is -3.47. The lowest BCUT2D eigenvalue weighted by Crippen LogP contribution is -2.32. The van der Waals surface area contributed by atoms with E-state index in [4.69, 9.17) is 11.0 Å². The van der Waals surface area contributed by atoms with Crippen molar-refractivity contribution in [2.24, 2.45) is 5.73 Å². The van der Waals surface area contributed by atoms with Gasteiger partial charge in [0.05, 0.1) is 17.2 Å². The number of amides is 2. The van der Waals surface area contributed by atoms with E-state index < -0.39 is 0 Å². The fourth-order valence-electron chi connectivity index (χ4n) is 3.22. The number of anilines is 1. The van der Waals surface area contributed by atoms with Crippen molar-refractivity contribution < 1.29 is 9.59 Å². The number of nitrogens with two attached hydrogens (primary N) is 1. The molecule has 0 heterocycles. The number of carbonyl (C=O) groups is 2. The third-order valence-electron chi connectivity index (χ3n) is 4.86. The zero-order valence-corrected chi connectivity index (χ0v) is 19.0. The summed E-state index contributed by atoms with van der Waals surface area (Å²) in [5.41, 5.74) is 8.75. The number of nitriles is 1. The second-order valence-electron chi connectivity index (χ2n) is 7.19. The molecule has 32 heavy (non-hydrogen) atoms. The van der Waals surface area contributed by atoms with Crippen LogP contribution in [-0.2, 0) is 6.54 Å².